The molecule has 1 aromatic heterocycles. The average molecular weight is 213 g/mol. The number of nitrogens with two attached hydrogens (primary N) is 1. The number of rotatable bonds is 7. The molecule has 1 unspecified atom stereocenters. The van der Waals surface area contributed by atoms with Gasteiger partial charge >= 0.3 is 0 Å². The topological polar surface area (TPSA) is 74.2 Å². The van der Waals surface area contributed by atoms with Gasteiger partial charge in [0, 0.05) is 19.4 Å². The van der Waals surface area contributed by atoms with Crippen LogP contribution in [0.15, 0.2) is 4.52 Å². The minimum Gasteiger partial charge on any atom is -0.381 e. The zero-order chi connectivity index (χ0) is 11.1. The lowest BCUT2D eigenvalue weighted by atomic mass is 10.1. The molecular formula is C10H19N3O2. The molecule has 0 bridgehead atoms. The van der Waals surface area contributed by atoms with Gasteiger partial charge in [0.2, 0.25) is 5.89 Å². The fraction of sp³-hybridized carbons (Fsp3) is 0.800. The predicted octanol–water partition coefficient (Wildman–Crippen LogP) is 0.786. The van der Waals surface area contributed by atoms with Gasteiger partial charge in [0.1, 0.15) is 0 Å². The van der Waals surface area contributed by atoms with E-state index in [2.05, 4.69) is 17.1 Å². The summed E-state index contributed by atoms with van der Waals surface area (Å²) in [4.78, 5) is 4.26. The van der Waals surface area contributed by atoms with Crippen LogP contribution >= 0.6 is 0 Å². The van der Waals surface area contributed by atoms with E-state index in [4.69, 9.17) is 15.0 Å². The van der Waals surface area contributed by atoms with E-state index in [1.54, 1.807) is 0 Å². The summed E-state index contributed by atoms with van der Waals surface area (Å²) in [6.07, 6.45) is 1.45. The number of nitrogens with zero attached hydrogens (tertiary/aromatic N) is 2. The van der Waals surface area contributed by atoms with E-state index >= 15 is 0 Å². The molecule has 0 aromatic carbocycles. The van der Waals surface area contributed by atoms with Crippen molar-refractivity contribution in [1.82, 2.24) is 10.1 Å². The minimum absolute atomic E-state index is 0.380. The number of hydrogen-bond acceptors (Lipinski definition) is 5. The molecule has 5 nitrogen and oxygen atoms in total. The third-order valence-electron chi connectivity index (χ3n) is 2.11. The summed E-state index contributed by atoms with van der Waals surface area (Å²) in [6, 6.07) is 0. The van der Waals surface area contributed by atoms with Crippen LogP contribution < -0.4 is 5.73 Å². The first-order chi connectivity index (χ1) is 7.26. The summed E-state index contributed by atoms with van der Waals surface area (Å²) in [7, 11) is 0. The van der Waals surface area contributed by atoms with Crippen molar-refractivity contribution in [3.05, 3.63) is 11.7 Å². The molecule has 86 valence electrons. The smallest absolute Gasteiger partial charge is 0.226 e. The Kier molecular flexibility index (Phi) is 5.28. The highest BCUT2D eigenvalue weighted by Gasteiger charge is 2.09. The van der Waals surface area contributed by atoms with E-state index in [1.807, 2.05) is 6.92 Å². The SMILES string of the molecule is CCOCCc1noc(CC(C)CN)n1. The van der Waals surface area contributed by atoms with Gasteiger partial charge in [0.15, 0.2) is 5.82 Å². The number of ether oxygens (including phenoxy) is 1. The van der Waals surface area contributed by atoms with Crippen LogP contribution in [0, 0.1) is 5.92 Å². The van der Waals surface area contributed by atoms with Crippen molar-refractivity contribution < 1.29 is 9.26 Å². The van der Waals surface area contributed by atoms with E-state index in [9.17, 15) is 0 Å². The third-order valence-corrected chi connectivity index (χ3v) is 2.11. The summed E-state index contributed by atoms with van der Waals surface area (Å²) in [5.74, 6) is 1.76. The van der Waals surface area contributed by atoms with Crippen molar-refractivity contribution in [1.29, 1.82) is 0 Å². The molecule has 0 saturated carbocycles. The normalized spacial score (nSPS) is 13.0. The second-order valence-corrected chi connectivity index (χ2v) is 3.60. The van der Waals surface area contributed by atoms with Gasteiger partial charge in [-0.3, -0.25) is 0 Å². The maximum atomic E-state index is 5.52. The van der Waals surface area contributed by atoms with Gasteiger partial charge in [-0.25, -0.2) is 0 Å². The van der Waals surface area contributed by atoms with Gasteiger partial charge < -0.3 is 15.0 Å². The summed E-state index contributed by atoms with van der Waals surface area (Å²) in [6.45, 7) is 6.02. The zero-order valence-electron chi connectivity index (χ0n) is 9.40. The van der Waals surface area contributed by atoms with E-state index in [-0.39, 0.29) is 0 Å². The molecule has 2 N–H and O–H groups in total. The first kappa shape index (κ1) is 12.1. The lowest BCUT2D eigenvalue weighted by molar-refractivity contribution is 0.149. The molecule has 15 heavy (non-hydrogen) atoms. The van der Waals surface area contributed by atoms with Gasteiger partial charge in [-0.1, -0.05) is 12.1 Å². The Bertz CT molecular complexity index is 275. The summed E-state index contributed by atoms with van der Waals surface area (Å²) in [5, 5.41) is 3.87. The lowest BCUT2D eigenvalue weighted by Crippen LogP contribution is -2.13. The van der Waals surface area contributed by atoms with Crippen molar-refractivity contribution in [3.63, 3.8) is 0 Å². The second kappa shape index (κ2) is 6.53. The first-order valence-corrected chi connectivity index (χ1v) is 5.35. The standard InChI is InChI=1S/C10H19N3O2/c1-3-14-5-4-9-12-10(15-13-9)6-8(2)7-11/h8H,3-7,11H2,1-2H3. The Morgan fingerprint density at radius 3 is 3.00 bits per heavy atom. The molecule has 0 fully saturated rings. The maximum Gasteiger partial charge on any atom is 0.226 e. The number of aromatic nitrogens is 2. The van der Waals surface area contributed by atoms with Crippen molar-refractivity contribution >= 4 is 0 Å². The Morgan fingerprint density at radius 1 is 1.53 bits per heavy atom. The first-order valence-electron chi connectivity index (χ1n) is 5.35. The van der Waals surface area contributed by atoms with E-state index < -0.39 is 0 Å². The molecule has 0 spiro atoms. The molecule has 1 aromatic rings. The monoisotopic (exact) mass is 213 g/mol. The van der Waals surface area contributed by atoms with Crippen LogP contribution in [0.25, 0.3) is 0 Å². The van der Waals surface area contributed by atoms with Gasteiger partial charge in [0.05, 0.1) is 6.61 Å². The molecular weight excluding hydrogens is 194 g/mol. The Morgan fingerprint density at radius 2 is 2.33 bits per heavy atom. The van der Waals surface area contributed by atoms with Crippen LogP contribution in [0.1, 0.15) is 25.6 Å². The van der Waals surface area contributed by atoms with Crippen LogP contribution in [0.5, 0.6) is 0 Å². The molecule has 0 aliphatic carbocycles. The summed E-state index contributed by atoms with van der Waals surface area (Å²) in [5.41, 5.74) is 5.52. The Balaban J connectivity index is 2.35. The van der Waals surface area contributed by atoms with Gasteiger partial charge in [-0.15, -0.1) is 0 Å². The van der Waals surface area contributed by atoms with Crippen LogP contribution in [0.3, 0.4) is 0 Å². The molecule has 0 radical (unpaired) electrons. The summed E-state index contributed by atoms with van der Waals surface area (Å²) >= 11 is 0. The lowest BCUT2D eigenvalue weighted by Gasteiger charge is -2.01. The minimum atomic E-state index is 0.380. The maximum absolute atomic E-state index is 5.52. The highest BCUT2D eigenvalue weighted by atomic mass is 16.5. The van der Waals surface area contributed by atoms with Crippen LogP contribution in [0.4, 0.5) is 0 Å². The molecule has 1 rings (SSSR count). The highest BCUT2D eigenvalue weighted by Crippen LogP contribution is 2.05. The second-order valence-electron chi connectivity index (χ2n) is 3.60. The molecule has 1 atom stereocenters. The fourth-order valence-corrected chi connectivity index (χ4v) is 1.16. The zero-order valence-corrected chi connectivity index (χ0v) is 9.40. The molecule has 0 aliphatic rings. The number of hydrogen-bond donors (Lipinski definition) is 1. The Hall–Kier alpha value is -0.940. The largest absolute Gasteiger partial charge is 0.381 e. The predicted molar refractivity (Wildman–Crippen MR) is 56.4 cm³/mol. The van der Waals surface area contributed by atoms with Crippen LogP contribution in [0.2, 0.25) is 0 Å². The van der Waals surface area contributed by atoms with Crippen molar-refractivity contribution in [2.45, 2.75) is 26.7 Å². The third kappa shape index (κ3) is 4.40. The van der Waals surface area contributed by atoms with Gasteiger partial charge in [-0.2, -0.15) is 4.98 Å². The van der Waals surface area contributed by atoms with Crippen molar-refractivity contribution in [2.75, 3.05) is 19.8 Å². The quantitative estimate of drug-likeness (QED) is 0.678. The summed E-state index contributed by atoms with van der Waals surface area (Å²) < 4.78 is 10.3. The van der Waals surface area contributed by atoms with Crippen LogP contribution in [-0.2, 0) is 17.6 Å². The molecule has 0 saturated heterocycles. The van der Waals surface area contributed by atoms with E-state index in [0.29, 0.717) is 37.2 Å². The van der Waals surface area contributed by atoms with Crippen molar-refractivity contribution in [2.24, 2.45) is 11.7 Å². The van der Waals surface area contributed by atoms with Gasteiger partial charge in [0.25, 0.3) is 0 Å². The van der Waals surface area contributed by atoms with E-state index in [0.717, 1.165) is 13.0 Å². The molecule has 0 aliphatic heterocycles. The molecule has 0 amide bonds. The molecule has 1 heterocycles. The Labute approximate surface area is 90.0 Å². The van der Waals surface area contributed by atoms with Crippen molar-refractivity contribution in [3.8, 4) is 0 Å². The van der Waals surface area contributed by atoms with E-state index in [1.165, 1.54) is 0 Å². The average Bonchev–Trinajstić information content (AvgIpc) is 2.66. The molecule has 5 heteroatoms. The highest BCUT2D eigenvalue weighted by molar-refractivity contribution is 4.87. The fourth-order valence-electron chi connectivity index (χ4n) is 1.16. The van der Waals surface area contributed by atoms with Gasteiger partial charge in [-0.05, 0) is 19.4 Å². The van der Waals surface area contributed by atoms with Crippen LogP contribution in [-0.4, -0.2) is 29.9 Å².